The van der Waals surface area contributed by atoms with Gasteiger partial charge in [-0.2, -0.15) is 11.8 Å². The van der Waals surface area contributed by atoms with Crippen LogP contribution in [0.4, 0.5) is 11.6 Å². The van der Waals surface area contributed by atoms with Crippen LogP contribution in [-0.4, -0.2) is 28.5 Å². The molecule has 0 aliphatic carbocycles. The number of hydrazine groups is 1. The summed E-state index contributed by atoms with van der Waals surface area (Å²) in [5, 5.41) is 3.22. The van der Waals surface area contributed by atoms with Crippen molar-refractivity contribution in [2.75, 3.05) is 29.3 Å². The molecule has 7 heteroatoms. The van der Waals surface area contributed by atoms with Gasteiger partial charge in [0, 0.05) is 6.54 Å². The number of halogens is 1. The Morgan fingerprint density at radius 2 is 2.20 bits per heavy atom. The molecule has 5 nitrogen and oxygen atoms in total. The number of hydrogen-bond acceptors (Lipinski definition) is 6. The van der Waals surface area contributed by atoms with Crippen molar-refractivity contribution in [2.24, 2.45) is 5.84 Å². The molecule has 84 valence electrons. The Hall–Kier alpha value is -0.530. The summed E-state index contributed by atoms with van der Waals surface area (Å²) in [6.45, 7) is 0.889. The second kappa shape index (κ2) is 6.86. The maximum atomic E-state index is 5.29. The van der Waals surface area contributed by atoms with E-state index < -0.39 is 0 Å². The Balaban J connectivity index is 2.53. The van der Waals surface area contributed by atoms with E-state index in [2.05, 4.69) is 42.9 Å². The Morgan fingerprint density at radius 3 is 2.87 bits per heavy atom. The molecule has 0 aliphatic heterocycles. The number of anilines is 2. The number of aromatic nitrogens is 2. The first kappa shape index (κ1) is 12.5. The number of nitrogens with one attached hydrogen (secondary N) is 2. The van der Waals surface area contributed by atoms with Gasteiger partial charge in [-0.25, -0.2) is 15.8 Å². The summed E-state index contributed by atoms with van der Waals surface area (Å²) in [4.78, 5) is 8.08. The predicted molar refractivity (Wildman–Crippen MR) is 69.0 cm³/mol. The third-order valence-electron chi connectivity index (χ3n) is 1.74. The van der Waals surface area contributed by atoms with E-state index in [0.717, 1.165) is 29.0 Å². The van der Waals surface area contributed by atoms with Gasteiger partial charge in [-0.1, -0.05) is 0 Å². The third-order valence-corrected chi connectivity index (χ3v) is 3.19. The lowest BCUT2D eigenvalue weighted by atomic mass is 10.4. The highest BCUT2D eigenvalue weighted by Gasteiger charge is 2.06. The first-order chi connectivity index (χ1) is 7.29. The van der Waals surface area contributed by atoms with Crippen molar-refractivity contribution in [3.05, 3.63) is 10.8 Å². The number of thioether (sulfide) groups is 1. The van der Waals surface area contributed by atoms with Crippen molar-refractivity contribution in [3.8, 4) is 0 Å². The van der Waals surface area contributed by atoms with Gasteiger partial charge in [-0.15, -0.1) is 0 Å². The average molecular weight is 292 g/mol. The van der Waals surface area contributed by atoms with Gasteiger partial charge in [0.25, 0.3) is 0 Å². The van der Waals surface area contributed by atoms with Gasteiger partial charge in [0.1, 0.15) is 16.6 Å². The quantitative estimate of drug-likeness (QED) is 0.421. The summed E-state index contributed by atoms with van der Waals surface area (Å²) >= 11 is 5.21. The van der Waals surface area contributed by atoms with E-state index in [9.17, 15) is 0 Å². The summed E-state index contributed by atoms with van der Waals surface area (Å²) < 4.78 is 0.761. The monoisotopic (exact) mass is 291 g/mol. The fourth-order valence-electron chi connectivity index (χ4n) is 1.02. The van der Waals surface area contributed by atoms with Crippen LogP contribution in [0.15, 0.2) is 10.8 Å². The molecule has 0 saturated carbocycles. The van der Waals surface area contributed by atoms with Gasteiger partial charge in [0.2, 0.25) is 0 Å². The lowest BCUT2D eigenvalue weighted by Gasteiger charge is -2.09. The molecule has 1 heterocycles. The molecule has 1 aromatic heterocycles. The summed E-state index contributed by atoms with van der Waals surface area (Å²) in [6.07, 6.45) is 4.66. The smallest absolute Gasteiger partial charge is 0.159 e. The van der Waals surface area contributed by atoms with E-state index in [0.29, 0.717) is 5.82 Å². The van der Waals surface area contributed by atoms with Crippen molar-refractivity contribution in [1.82, 2.24) is 9.97 Å². The van der Waals surface area contributed by atoms with Gasteiger partial charge in [0.05, 0.1) is 0 Å². The summed E-state index contributed by atoms with van der Waals surface area (Å²) in [5.41, 5.74) is 2.50. The van der Waals surface area contributed by atoms with Crippen LogP contribution in [0.25, 0.3) is 0 Å². The molecule has 0 spiro atoms. The Bertz CT molecular complexity index is 309. The van der Waals surface area contributed by atoms with E-state index in [4.69, 9.17) is 5.84 Å². The normalized spacial score (nSPS) is 10.1. The molecule has 0 saturated heterocycles. The van der Waals surface area contributed by atoms with Crippen LogP contribution in [0.2, 0.25) is 0 Å². The fourth-order valence-corrected chi connectivity index (χ4v) is 1.91. The summed E-state index contributed by atoms with van der Waals surface area (Å²) in [6, 6.07) is 0. The second-order valence-corrected chi connectivity index (χ2v) is 4.58. The van der Waals surface area contributed by atoms with Crippen LogP contribution in [0.5, 0.6) is 0 Å². The molecule has 0 fully saturated rings. The zero-order chi connectivity index (χ0) is 11.1. The molecule has 0 aromatic carbocycles. The largest absolute Gasteiger partial charge is 0.369 e. The Kier molecular flexibility index (Phi) is 5.74. The molecule has 0 radical (unpaired) electrons. The van der Waals surface area contributed by atoms with Crippen molar-refractivity contribution >= 4 is 39.3 Å². The fraction of sp³-hybridized carbons (Fsp3) is 0.500. The van der Waals surface area contributed by atoms with Crippen LogP contribution < -0.4 is 16.6 Å². The molecule has 1 aromatic rings. The maximum Gasteiger partial charge on any atom is 0.159 e. The van der Waals surface area contributed by atoms with E-state index in [1.54, 1.807) is 0 Å². The topological polar surface area (TPSA) is 75.9 Å². The summed E-state index contributed by atoms with van der Waals surface area (Å²) in [5.74, 6) is 7.78. The number of nitrogens with two attached hydrogens (primary N) is 1. The van der Waals surface area contributed by atoms with E-state index in [1.165, 1.54) is 6.33 Å². The second-order valence-electron chi connectivity index (χ2n) is 2.80. The number of nitrogens with zero attached hydrogens (tertiary/aromatic N) is 2. The van der Waals surface area contributed by atoms with Gasteiger partial charge in [0.15, 0.2) is 5.82 Å². The first-order valence-electron chi connectivity index (χ1n) is 4.49. The molecule has 4 N–H and O–H groups in total. The molecule has 0 atom stereocenters. The van der Waals surface area contributed by atoms with Crippen molar-refractivity contribution < 1.29 is 0 Å². The van der Waals surface area contributed by atoms with E-state index in [-0.39, 0.29) is 0 Å². The number of hydrogen-bond donors (Lipinski definition) is 3. The zero-order valence-electron chi connectivity index (χ0n) is 8.46. The van der Waals surface area contributed by atoms with Crippen molar-refractivity contribution in [2.45, 2.75) is 6.42 Å². The molecule has 15 heavy (non-hydrogen) atoms. The molecule has 0 unspecified atom stereocenters. The lowest BCUT2D eigenvalue weighted by molar-refractivity contribution is 0.973. The molecule has 0 amide bonds. The predicted octanol–water partition coefficient (Wildman–Crippen LogP) is 1.69. The zero-order valence-corrected chi connectivity index (χ0v) is 10.9. The third kappa shape index (κ3) is 3.84. The minimum Gasteiger partial charge on any atom is -0.369 e. The minimum absolute atomic E-state index is 0.581. The molecule has 0 aliphatic rings. The van der Waals surface area contributed by atoms with Crippen molar-refractivity contribution in [3.63, 3.8) is 0 Å². The van der Waals surface area contributed by atoms with Crippen LogP contribution >= 0.6 is 27.7 Å². The van der Waals surface area contributed by atoms with Gasteiger partial charge >= 0.3 is 0 Å². The first-order valence-corrected chi connectivity index (χ1v) is 6.68. The van der Waals surface area contributed by atoms with Gasteiger partial charge in [-0.05, 0) is 34.4 Å². The molecule has 0 bridgehead atoms. The van der Waals surface area contributed by atoms with Crippen LogP contribution in [0, 0.1) is 0 Å². The van der Waals surface area contributed by atoms with Crippen LogP contribution in [0.3, 0.4) is 0 Å². The highest BCUT2D eigenvalue weighted by molar-refractivity contribution is 9.10. The Labute approximate surface area is 102 Å². The van der Waals surface area contributed by atoms with Crippen LogP contribution in [0.1, 0.15) is 6.42 Å². The lowest BCUT2D eigenvalue weighted by Crippen LogP contribution is -2.12. The molecular formula is C8H14BrN5S. The summed E-state index contributed by atoms with van der Waals surface area (Å²) in [7, 11) is 0. The molecule has 1 rings (SSSR count). The highest BCUT2D eigenvalue weighted by Crippen LogP contribution is 2.25. The number of rotatable bonds is 6. The van der Waals surface area contributed by atoms with Gasteiger partial charge in [-0.3, -0.25) is 0 Å². The van der Waals surface area contributed by atoms with E-state index >= 15 is 0 Å². The van der Waals surface area contributed by atoms with Crippen molar-refractivity contribution in [1.29, 1.82) is 0 Å². The van der Waals surface area contributed by atoms with Gasteiger partial charge < -0.3 is 10.7 Å². The highest BCUT2D eigenvalue weighted by atomic mass is 79.9. The SMILES string of the molecule is CSCCCNc1ncnc(NN)c1Br. The molecular weight excluding hydrogens is 278 g/mol. The standard InChI is InChI=1S/C8H14BrN5S/c1-15-4-2-3-11-7-6(9)8(14-10)13-5-12-7/h5H,2-4,10H2,1H3,(H2,11,12,13,14). The Morgan fingerprint density at radius 1 is 1.47 bits per heavy atom. The van der Waals surface area contributed by atoms with Crippen LogP contribution in [-0.2, 0) is 0 Å². The number of nitrogen functional groups attached to an aromatic ring is 1. The maximum absolute atomic E-state index is 5.29. The average Bonchev–Trinajstić information content (AvgIpc) is 2.26. The minimum atomic E-state index is 0.581. The van der Waals surface area contributed by atoms with E-state index in [1.807, 2.05) is 11.8 Å².